The summed E-state index contributed by atoms with van der Waals surface area (Å²) in [5, 5.41) is 2.92. The van der Waals surface area contributed by atoms with Crippen molar-refractivity contribution in [2.24, 2.45) is 5.73 Å². The van der Waals surface area contributed by atoms with Gasteiger partial charge in [0.2, 0.25) is 0 Å². The summed E-state index contributed by atoms with van der Waals surface area (Å²) in [6, 6.07) is 5.41. The minimum Gasteiger partial charge on any atom is -0.380 e. The maximum atomic E-state index is 12.7. The molecule has 1 aliphatic carbocycles. The maximum absolute atomic E-state index is 12.7. The van der Waals surface area contributed by atoms with Gasteiger partial charge in [-0.15, -0.1) is 0 Å². The van der Waals surface area contributed by atoms with Gasteiger partial charge in [-0.25, -0.2) is 0 Å². The number of halogens is 3. The second kappa shape index (κ2) is 4.56. The lowest BCUT2D eigenvalue weighted by Crippen LogP contribution is -2.35. The van der Waals surface area contributed by atoms with Gasteiger partial charge in [-0.2, -0.15) is 13.2 Å². The molecule has 0 aromatic heterocycles. The molecule has 3 N–H and O–H groups in total. The zero-order chi connectivity index (χ0) is 12.5. The number of anilines is 1. The number of nitrogens with two attached hydrogens (primary N) is 1. The second-order valence-electron chi connectivity index (χ2n) is 4.39. The molecule has 2 unspecified atom stereocenters. The number of alkyl halides is 3. The number of para-hydroxylation sites is 1. The van der Waals surface area contributed by atoms with Crippen molar-refractivity contribution in [1.29, 1.82) is 0 Å². The SMILES string of the molecule is NC1CCCC1Nc1ccccc1C(F)(F)F. The molecule has 2 atom stereocenters. The molecule has 1 aromatic rings. The molecular formula is C12H15F3N2. The van der Waals surface area contributed by atoms with Crippen molar-refractivity contribution in [3.8, 4) is 0 Å². The predicted molar refractivity (Wildman–Crippen MR) is 60.7 cm³/mol. The van der Waals surface area contributed by atoms with Crippen molar-refractivity contribution in [2.45, 2.75) is 37.5 Å². The van der Waals surface area contributed by atoms with E-state index in [4.69, 9.17) is 5.73 Å². The predicted octanol–water partition coefficient (Wildman–Crippen LogP) is 3.00. The first kappa shape index (κ1) is 12.2. The van der Waals surface area contributed by atoms with Crippen molar-refractivity contribution >= 4 is 5.69 Å². The van der Waals surface area contributed by atoms with Crippen molar-refractivity contribution in [3.05, 3.63) is 29.8 Å². The Kier molecular flexibility index (Phi) is 3.28. The highest BCUT2D eigenvalue weighted by Crippen LogP contribution is 2.35. The minimum absolute atomic E-state index is 0.0569. The molecule has 0 bridgehead atoms. The molecule has 2 rings (SSSR count). The summed E-state index contributed by atoms with van der Waals surface area (Å²) in [6.45, 7) is 0. The van der Waals surface area contributed by atoms with Crippen LogP contribution in [0.2, 0.25) is 0 Å². The molecule has 0 spiro atoms. The van der Waals surface area contributed by atoms with Gasteiger partial charge in [-0.05, 0) is 31.4 Å². The molecule has 1 aromatic carbocycles. The van der Waals surface area contributed by atoms with E-state index in [-0.39, 0.29) is 17.8 Å². The van der Waals surface area contributed by atoms with E-state index >= 15 is 0 Å². The Morgan fingerprint density at radius 2 is 1.88 bits per heavy atom. The normalized spacial score (nSPS) is 24.9. The Hall–Kier alpha value is -1.23. The molecule has 94 valence electrons. The Bertz CT molecular complexity index is 390. The molecule has 5 heteroatoms. The number of benzene rings is 1. The van der Waals surface area contributed by atoms with Crippen LogP contribution in [0.25, 0.3) is 0 Å². The van der Waals surface area contributed by atoms with Gasteiger partial charge in [0.1, 0.15) is 0 Å². The third kappa shape index (κ3) is 2.72. The van der Waals surface area contributed by atoms with Crippen LogP contribution >= 0.6 is 0 Å². The molecule has 0 radical (unpaired) electrons. The third-order valence-corrected chi connectivity index (χ3v) is 3.14. The zero-order valence-electron chi connectivity index (χ0n) is 9.30. The lowest BCUT2D eigenvalue weighted by atomic mass is 10.1. The topological polar surface area (TPSA) is 38.0 Å². The van der Waals surface area contributed by atoms with Gasteiger partial charge in [0.15, 0.2) is 0 Å². The maximum Gasteiger partial charge on any atom is 0.418 e. The van der Waals surface area contributed by atoms with Crippen LogP contribution in [0.3, 0.4) is 0 Å². The standard InChI is InChI=1S/C12H15F3N2/c13-12(14,15)8-4-1-2-6-10(8)17-11-7-3-5-9(11)16/h1-2,4,6,9,11,17H,3,5,7,16H2. The van der Waals surface area contributed by atoms with Gasteiger partial charge in [0.05, 0.1) is 5.56 Å². The van der Waals surface area contributed by atoms with E-state index in [0.29, 0.717) is 0 Å². The average molecular weight is 244 g/mol. The van der Waals surface area contributed by atoms with E-state index in [1.165, 1.54) is 12.1 Å². The summed E-state index contributed by atoms with van der Waals surface area (Å²) in [4.78, 5) is 0. The first-order chi connectivity index (χ1) is 7.98. The molecule has 17 heavy (non-hydrogen) atoms. The Labute approximate surface area is 98.0 Å². The van der Waals surface area contributed by atoms with E-state index in [9.17, 15) is 13.2 Å². The van der Waals surface area contributed by atoms with E-state index < -0.39 is 11.7 Å². The second-order valence-corrected chi connectivity index (χ2v) is 4.39. The number of nitrogens with one attached hydrogen (secondary N) is 1. The van der Waals surface area contributed by atoms with Crippen LogP contribution < -0.4 is 11.1 Å². The van der Waals surface area contributed by atoms with E-state index in [1.54, 1.807) is 6.07 Å². The van der Waals surface area contributed by atoms with Gasteiger partial charge >= 0.3 is 6.18 Å². The molecular weight excluding hydrogens is 229 g/mol. The smallest absolute Gasteiger partial charge is 0.380 e. The zero-order valence-corrected chi connectivity index (χ0v) is 9.30. The van der Waals surface area contributed by atoms with Gasteiger partial charge in [0, 0.05) is 17.8 Å². The number of hydrogen-bond donors (Lipinski definition) is 2. The summed E-state index contributed by atoms with van der Waals surface area (Å²) >= 11 is 0. The molecule has 2 nitrogen and oxygen atoms in total. The number of hydrogen-bond acceptors (Lipinski definition) is 2. The van der Waals surface area contributed by atoms with Gasteiger partial charge < -0.3 is 11.1 Å². The fourth-order valence-electron chi connectivity index (χ4n) is 2.22. The van der Waals surface area contributed by atoms with Gasteiger partial charge in [-0.1, -0.05) is 12.1 Å². The Morgan fingerprint density at radius 3 is 2.47 bits per heavy atom. The fourth-order valence-corrected chi connectivity index (χ4v) is 2.22. The summed E-state index contributed by atoms with van der Waals surface area (Å²) in [6.07, 6.45) is -1.67. The quantitative estimate of drug-likeness (QED) is 0.839. The van der Waals surface area contributed by atoms with Crippen molar-refractivity contribution < 1.29 is 13.2 Å². The van der Waals surface area contributed by atoms with Crippen LogP contribution in [0.1, 0.15) is 24.8 Å². The lowest BCUT2D eigenvalue weighted by Gasteiger charge is -2.21. The lowest BCUT2D eigenvalue weighted by molar-refractivity contribution is -0.137. The van der Waals surface area contributed by atoms with Crippen LogP contribution in [-0.4, -0.2) is 12.1 Å². The Morgan fingerprint density at radius 1 is 1.18 bits per heavy atom. The fraction of sp³-hybridized carbons (Fsp3) is 0.500. The van der Waals surface area contributed by atoms with Crippen molar-refractivity contribution in [3.63, 3.8) is 0 Å². The highest BCUT2D eigenvalue weighted by molar-refractivity contribution is 5.53. The van der Waals surface area contributed by atoms with Crippen LogP contribution in [0.5, 0.6) is 0 Å². The van der Waals surface area contributed by atoms with Crippen LogP contribution in [-0.2, 0) is 6.18 Å². The van der Waals surface area contributed by atoms with Crippen molar-refractivity contribution in [1.82, 2.24) is 0 Å². The summed E-state index contributed by atoms with van der Waals surface area (Å²) in [5.74, 6) is 0. The van der Waals surface area contributed by atoms with Gasteiger partial charge in [-0.3, -0.25) is 0 Å². The van der Waals surface area contributed by atoms with E-state index in [2.05, 4.69) is 5.32 Å². The molecule has 0 amide bonds. The van der Waals surface area contributed by atoms with E-state index in [0.717, 1.165) is 25.3 Å². The molecule has 0 heterocycles. The molecule has 0 aliphatic heterocycles. The Balaban J connectivity index is 2.21. The minimum atomic E-state index is -4.33. The van der Waals surface area contributed by atoms with Crippen LogP contribution in [0, 0.1) is 0 Å². The van der Waals surface area contributed by atoms with Crippen LogP contribution in [0.15, 0.2) is 24.3 Å². The summed E-state index contributed by atoms with van der Waals surface area (Å²) in [7, 11) is 0. The highest BCUT2D eigenvalue weighted by atomic mass is 19.4. The summed E-state index contributed by atoms with van der Waals surface area (Å²) in [5.41, 5.74) is 5.34. The van der Waals surface area contributed by atoms with Crippen LogP contribution in [0.4, 0.5) is 18.9 Å². The molecule has 1 fully saturated rings. The first-order valence-electron chi connectivity index (χ1n) is 5.67. The average Bonchev–Trinajstić information content (AvgIpc) is 2.64. The van der Waals surface area contributed by atoms with Gasteiger partial charge in [0.25, 0.3) is 0 Å². The largest absolute Gasteiger partial charge is 0.418 e. The first-order valence-corrected chi connectivity index (χ1v) is 5.67. The van der Waals surface area contributed by atoms with E-state index in [1.807, 2.05) is 0 Å². The molecule has 0 saturated heterocycles. The molecule has 1 aliphatic rings. The highest BCUT2D eigenvalue weighted by Gasteiger charge is 2.34. The summed E-state index contributed by atoms with van der Waals surface area (Å²) < 4.78 is 38.2. The third-order valence-electron chi connectivity index (χ3n) is 3.14. The molecule has 1 saturated carbocycles. The monoisotopic (exact) mass is 244 g/mol. The number of rotatable bonds is 2. The van der Waals surface area contributed by atoms with Crippen molar-refractivity contribution in [2.75, 3.05) is 5.32 Å².